The lowest BCUT2D eigenvalue weighted by molar-refractivity contribution is 0.361. The van der Waals surface area contributed by atoms with E-state index in [9.17, 15) is 8.42 Å². The Kier molecular flexibility index (Phi) is 5.06. The van der Waals surface area contributed by atoms with Crippen LogP contribution in [0.4, 0.5) is 0 Å². The molecule has 29 heavy (non-hydrogen) atoms. The van der Waals surface area contributed by atoms with Crippen LogP contribution in [0.2, 0.25) is 0 Å². The molecule has 1 atom stereocenters. The van der Waals surface area contributed by atoms with Crippen molar-refractivity contribution >= 4 is 10.0 Å². The lowest BCUT2D eigenvalue weighted by Crippen LogP contribution is -2.38. The van der Waals surface area contributed by atoms with Gasteiger partial charge in [-0.15, -0.1) is 0 Å². The third-order valence-electron chi connectivity index (χ3n) is 5.28. The van der Waals surface area contributed by atoms with Gasteiger partial charge in [-0.2, -0.15) is 9.40 Å². The molecule has 1 aliphatic rings. The van der Waals surface area contributed by atoms with Crippen molar-refractivity contribution < 1.29 is 17.9 Å². The zero-order chi connectivity index (χ0) is 20.6. The molecule has 1 unspecified atom stereocenters. The fourth-order valence-electron chi connectivity index (χ4n) is 3.79. The molecular weight excluding hydrogens is 390 g/mol. The first-order chi connectivity index (χ1) is 13.9. The van der Waals surface area contributed by atoms with Crippen LogP contribution in [0.5, 0.6) is 11.5 Å². The third kappa shape index (κ3) is 3.49. The SMILES string of the molecule is COc1ccc(S(=O)(=O)N2Cc3ccccc3C(c3cnn(C)c3)C2)c(OC)c1. The monoisotopic (exact) mass is 413 g/mol. The van der Waals surface area contributed by atoms with Crippen LogP contribution in [0, 0.1) is 0 Å². The standard InChI is InChI=1S/C21H23N3O4S/c1-23-12-16(11-22-23)19-14-24(13-15-6-4-5-7-18(15)19)29(25,26)21-9-8-17(27-2)10-20(21)28-3/h4-12,19H,13-14H2,1-3H3. The summed E-state index contributed by atoms with van der Waals surface area (Å²) in [6, 6.07) is 12.7. The summed E-state index contributed by atoms with van der Waals surface area (Å²) in [5, 5.41) is 4.27. The van der Waals surface area contributed by atoms with E-state index < -0.39 is 10.0 Å². The maximum Gasteiger partial charge on any atom is 0.247 e. The van der Waals surface area contributed by atoms with Crippen molar-refractivity contribution in [2.24, 2.45) is 7.05 Å². The van der Waals surface area contributed by atoms with E-state index in [-0.39, 0.29) is 16.6 Å². The predicted molar refractivity (Wildman–Crippen MR) is 109 cm³/mol. The number of aryl methyl sites for hydroxylation is 1. The Morgan fingerprint density at radius 1 is 1.10 bits per heavy atom. The molecule has 1 aromatic heterocycles. The van der Waals surface area contributed by atoms with E-state index in [2.05, 4.69) is 11.2 Å². The minimum atomic E-state index is -3.78. The molecule has 0 fully saturated rings. The number of ether oxygens (including phenoxy) is 2. The van der Waals surface area contributed by atoms with Gasteiger partial charge in [-0.3, -0.25) is 4.68 Å². The molecule has 0 saturated heterocycles. The van der Waals surface area contributed by atoms with Gasteiger partial charge in [0.25, 0.3) is 0 Å². The molecule has 0 saturated carbocycles. The molecule has 3 aromatic rings. The number of hydrogen-bond donors (Lipinski definition) is 0. The van der Waals surface area contributed by atoms with Crippen LogP contribution < -0.4 is 9.47 Å². The molecular formula is C21H23N3O4S. The molecule has 2 aromatic carbocycles. The number of fused-ring (bicyclic) bond motifs is 1. The zero-order valence-electron chi connectivity index (χ0n) is 16.6. The van der Waals surface area contributed by atoms with Gasteiger partial charge in [0.2, 0.25) is 10.0 Å². The van der Waals surface area contributed by atoms with Crippen molar-refractivity contribution in [2.45, 2.75) is 17.4 Å². The first-order valence-electron chi connectivity index (χ1n) is 9.22. The van der Waals surface area contributed by atoms with Crippen molar-refractivity contribution in [3.8, 4) is 11.5 Å². The summed E-state index contributed by atoms with van der Waals surface area (Å²) in [7, 11) is 1.06. The van der Waals surface area contributed by atoms with Gasteiger partial charge in [0, 0.05) is 38.3 Å². The number of hydrogen-bond acceptors (Lipinski definition) is 5. The number of nitrogens with zero attached hydrogens (tertiary/aromatic N) is 3. The molecule has 2 heterocycles. The van der Waals surface area contributed by atoms with Crippen molar-refractivity contribution in [2.75, 3.05) is 20.8 Å². The van der Waals surface area contributed by atoms with Crippen LogP contribution in [0.15, 0.2) is 59.8 Å². The normalized spacial score (nSPS) is 17.0. The highest BCUT2D eigenvalue weighted by Gasteiger charge is 2.35. The average molecular weight is 413 g/mol. The highest BCUT2D eigenvalue weighted by atomic mass is 32.2. The first-order valence-corrected chi connectivity index (χ1v) is 10.7. The van der Waals surface area contributed by atoms with E-state index in [0.717, 1.165) is 16.7 Å². The first kappa shape index (κ1) is 19.5. The van der Waals surface area contributed by atoms with Gasteiger partial charge in [-0.25, -0.2) is 8.42 Å². The molecule has 4 rings (SSSR count). The summed E-state index contributed by atoms with van der Waals surface area (Å²) in [6.07, 6.45) is 3.73. The Morgan fingerprint density at radius 3 is 2.59 bits per heavy atom. The molecule has 7 nitrogen and oxygen atoms in total. The van der Waals surface area contributed by atoms with Crippen LogP contribution in [-0.2, 0) is 23.6 Å². The van der Waals surface area contributed by atoms with Crippen LogP contribution in [0.1, 0.15) is 22.6 Å². The summed E-state index contributed by atoms with van der Waals surface area (Å²) >= 11 is 0. The Bertz CT molecular complexity index is 1140. The zero-order valence-corrected chi connectivity index (χ0v) is 17.4. The van der Waals surface area contributed by atoms with Gasteiger partial charge in [0.05, 0.1) is 20.4 Å². The number of sulfonamides is 1. The third-order valence-corrected chi connectivity index (χ3v) is 7.13. The lowest BCUT2D eigenvalue weighted by atomic mass is 9.87. The van der Waals surface area contributed by atoms with E-state index in [4.69, 9.17) is 9.47 Å². The Balaban J connectivity index is 1.77. The highest BCUT2D eigenvalue weighted by Crippen LogP contribution is 2.38. The molecule has 152 valence electrons. The molecule has 0 bridgehead atoms. The minimum Gasteiger partial charge on any atom is -0.497 e. The van der Waals surface area contributed by atoms with E-state index in [1.807, 2.05) is 31.4 Å². The summed E-state index contributed by atoms with van der Waals surface area (Å²) in [5.41, 5.74) is 3.11. The second kappa shape index (κ2) is 7.53. The van der Waals surface area contributed by atoms with Gasteiger partial charge in [-0.05, 0) is 28.8 Å². The molecule has 0 spiro atoms. The number of benzene rings is 2. The molecule has 8 heteroatoms. The van der Waals surface area contributed by atoms with Crippen LogP contribution in [-0.4, -0.2) is 43.3 Å². The topological polar surface area (TPSA) is 73.7 Å². The van der Waals surface area contributed by atoms with Crippen molar-refractivity contribution in [3.05, 3.63) is 71.5 Å². The number of rotatable bonds is 5. The van der Waals surface area contributed by atoms with Crippen molar-refractivity contribution in [3.63, 3.8) is 0 Å². The van der Waals surface area contributed by atoms with E-state index in [1.54, 1.807) is 23.0 Å². The minimum absolute atomic E-state index is 0.0901. The van der Waals surface area contributed by atoms with E-state index in [1.165, 1.54) is 24.6 Å². The maximum absolute atomic E-state index is 13.5. The van der Waals surface area contributed by atoms with Crippen LogP contribution in [0.3, 0.4) is 0 Å². The van der Waals surface area contributed by atoms with E-state index in [0.29, 0.717) is 18.8 Å². The fourth-order valence-corrected chi connectivity index (χ4v) is 5.36. The Labute approximate surface area is 170 Å². The highest BCUT2D eigenvalue weighted by molar-refractivity contribution is 7.89. The summed E-state index contributed by atoms with van der Waals surface area (Å²) in [6.45, 7) is 0.644. The second-order valence-corrected chi connectivity index (χ2v) is 8.92. The molecule has 0 aliphatic carbocycles. The van der Waals surface area contributed by atoms with Gasteiger partial charge in [0.1, 0.15) is 16.4 Å². The van der Waals surface area contributed by atoms with Gasteiger partial charge < -0.3 is 9.47 Å². The average Bonchev–Trinajstić information content (AvgIpc) is 3.18. The molecule has 0 radical (unpaired) electrons. The predicted octanol–water partition coefficient (Wildman–Crippen LogP) is 2.77. The lowest BCUT2D eigenvalue weighted by Gasteiger charge is -2.34. The summed E-state index contributed by atoms with van der Waals surface area (Å²) in [5.74, 6) is 0.715. The Hall–Kier alpha value is -2.84. The smallest absolute Gasteiger partial charge is 0.247 e. The van der Waals surface area contributed by atoms with Gasteiger partial charge >= 0.3 is 0 Å². The van der Waals surface area contributed by atoms with Crippen LogP contribution in [0.25, 0.3) is 0 Å². The Morgan fingerprint density at radius 2 is 1.90 bits per heavy atom. The largest absolute Gasteiger partial charge is 0.497 e. The number of methoxy groups -OCH3 is 2. The summed E-state index contributed by atoms with van der Waals surface area (Å²) < 4.78 is 40.9. The van der Waals surface area contributed by atoms with Crippen LogP contribution >= 0.6 is 0 Å². The maximum atomic E-state index is 13.5. The van der Waals surface area contributed by atoms with Crippen molar-refractivity contribution in [1.82, 2.24) is 14.1 Å². The van der Waals surface area contributed by atoms with Crippen molar-refractivity contribution in [1.29, 1.82) is 0 Å². The van der Waals surface area contributed by atoms with Gasteiger partial charge in [-0.1, -0.05) is 24.3 Å². The molecule has 1 aliphatic heterocycles. The quantitative estimate of drug-likeness (QED) is 0.643. The fraction of sp³-hybridized carbons (Fsp3) is 0.286. The van der Waals surface area contributed by atoms with E-state index >= 15 is 0 Å². The number of aromatic nitrogens is 2. The molecule has 0 N–H and O–H groups in total. The summed E-state index contributed by atoms with van der Waals surface area (Å²) in [4.78, 5) is 0.130. The van der Waals surface area contributed by atoms with Gasteiger partial charge in [0.15, 0.2) is 0 Å². The second-order valence-electron chi connectivity index (χ2n) is 7.01. The molecule has 0 amide bonds.